The first kappa shape index (κ1) is 16.4. The highest BCUT2D eigenvalue weighted by atomic mass is 79.9. The van der Waals surface area contributed by atoms with Gasteiger partial charge in [0, 0.05) is 17.4 Å². The summed E-state index contributed by atoms with van der Waals surface area (Å²) in [4.78, 5) is 22.3. The summed E-state index contributed by atoms with van der Waals surface area (Å²) in [7, 11) is 0. The Morgan fingerprint density at radius 1 is 1.45 bits per heavy atom. The molecule has 0 bridgehead atoms. The Morgan fingerprint density at radius 2 is 2.15 bits per heavy atom. The van der Waals surface area contributed by atoms with E-state index in [0.717, 1.165) is 0 Å². The fourth-order valence-corrected chi connectivity index (χ4v) is 1.95. The summed E-state index contributed by atoms with van der Waals surface area (Å²) in [6.07, 6.45) is 0.649. The molecule has 0 aliphatic heterocycles. The van der Waals surface area contributed by atoms with E-state index in [0.29, 0.717) is 16.6 Å². The summed E-state index contributed by atoms with van der Waals surface area (Å²) in [5, 5.41) is 13.8. The number of carbonyl (C=O) groups excluding carboxylic acids is 1. The predicted molar refractivity (Wildman–Crippen MR) is 77.2 cm³/mol. The third-order valence-electron chi connectivity index (χ3n) is 2.77. The topological polar surface area (TPSA) is 78.4 Å². The molecular weight excluding hydrogens is 331 g/mol. The lowest BCUT2D eigenvalue weighted by Gasteiger charge is -2.14. The summed E-state index contributed by atoms with van der Waals surface area (Å²) in [5.74, 6) is -1.48. The highest BCUT2D eigenvalue weighted by Crippen LogP contribution is 2.22. The number of hydrogen-bond acceptors (Lipinski definition) is 2. The monoisotopic (exact) mass is 346 g/mol. The van der Waals surface area contributed by atoms with Crippen molar-refractivity contribution in [2.24, 2.45) is 5.92 Å². The summed E-state index contributed by atoms with van der Waals surface area (Å²) in [6, 6.07) is 3.45. The third kappa shape index (κ3) is 5.56. The van der Waals surface area contributed by atoms with Gasteiger partial charge in [0.25, 0.3) is 0 Å². The van der Waals surface area contributed by atoms with Crippen molar-refractivity contribution in [1.29, 1.82) is 0 Å². The first-order valence-corrected chi connectivity index (χ1v) is 6.93. The number of aliphatic carboxylic acids is 1. The molecule has 0 saturated carbocycles. The van der Waals surface area contributed by atoms with E-state index in [1.165, 1.54) is 18.2 Å². The number of halogens is 2. The van der Waals surface area contributed by atoms with Crippen molar-refractivity contribution in [2.45, 2.75) is 19.8 Å². The van der Waals surface area contributed by atoms with Crippen molar-refractivity contribution >= 4 is 33.6 Å². The van der Waals surface area contributed by atoms with Crippen molar-refractivity contribution < 1.29 is 19.1 Å². The molecule has 1 unspecified atom stereocenters. The van der Waals surface area contributed by atoms with E-state index in [1.54, 1.807) is 0 Å². The Bertz CT molecular complexity index is 497. The molecular formula is C13H16BrFN2O3. The number of urea groups is 1. The molecule has 1 aromatic rings. The van der Waals surface area contributed by atoms with Gasteiger partial charge in [0.05, 0.1) is 5.69 Å². The second-order valence-electron chi connectivity index (χ2n) is 4.33. The minimum Gasteiger partial charge on any atom is -0.481 e. The van der Waals surface area contributed by atoms with Gasteiger partial charge in [0.1, 0.15) is 5.82 Å². The third-order valence-corrected chi connectivity index (χ3v) is 3.46. The second-order valence-corrected chi connectivity index (χ2v) is 5.19. The van der Waals surface area contributed by atoms with E-state index in [2.05, 4.69) is 26.6 Å². The molecule has 0 fully saturated rings. The lowest BCUT2D eigenvalue weighted by molar-refractivity contribution is -0.138. The van der Waals surface area contributed by atoms with Crippen molar-refractivity contribution in [1.82, 2.24) is 5.32 Å². The van der Waals surface area contributed by atoms with Crippen LogP contribution in [0.3, 0.4) is 0 Å². The number of amides is 2. The molecule has 0 spiro atoms. The van der Waals surface area contributed by atoms with Gasteiger partial charge in [-0.15, -0.1) is 0 Å². The van der Waals surface area contributed by atoms with Gasteiger partial charge in [-0.2, -0.15) is 0 Å². The number of carboxylic acid groups (broad SMARTS) is 1. The van der Waals surface area contributed by atoms with Crippen LogP contribution >= 0.6 is 15.9 Å². The van der Waals surface area contributed by atoms with Gasteiger partial charge in [-0.25, -0.2) is 9.18 Å². The molecule has 0 aliphatic rings. The number of anilines is 1. The second kappa shape index (κ2) is 7.84. The zero-order chi connectivity index (χ0) is 15.1. The summed E-state index contributed by atoms with van der Waals surface area (Å²) in [6.45, 7) is 2.11. The molecule has 7 heteroatoms. The van der Waals surface area contributed by atoms with E-state index in [1.807, 2.05) is 6.92 Å². The van der Waals surface area contributed by atoms with Gasteiger partial charge in [-0.05, 0) is 40.0 Å². The van der Waals surface area contributed by atoms with Gasteiger partial charge in [-0.3, -0.25) is 4.79 Å². The van der Waals surface area contributed by atoms with E-state index in [4.69, 9.17) is 5.11 Å². The minimum absolute atomic E-state index is 0.000436. The molecule has 0 aromatic heterocycles. The van der Waals surface area contributed by atoms with Crippen LogP contribution in [0, 0.1) is 11.7 Å². The van der Waals surface area contributed by atoms with E-state index in [9.17, 15) is 14.0 Å². The number of nitrogens with one attached hydrogen (secondary N) is 2. The van der Waals surface area contributed by atoms with Gasteiger partial charge in [-0.1, -0.05) is 13.3 Å². The molecule has 3 N–H and O–H groups in total. The first-order chi connectivity index (χ1) is 9.42. The van der Waals surface area contributed by atoms with Gasteiger partial charge in [0.15, 0.2) is 0 Å². The average molecular weight is 347 g/mol. The molecule has 0 heterocycles. The van der Waals surface area contributed by atoms with Crippen LogP contribution in [-0.4, -0.2) is 23.7 Å². The van der Waals surface area contributed by atoms with Crippen molar-refractivity contribution in [3.05, 3.63) is 28.5 Å². The first-order valence-electron chi connectivity index (χ1n) is 6.14. The minimum atomic E-state index is -0.896. The van der Waals surface area contributed by atoms with Crippen LogP contribution in [0.25, 0.3) is 0 Å². The van der Waals surface area contributed by atoms with Crippen LogP contribution in [0.1, 0.15) is 19.8 Å². The zero-order valence-corrected chi connectivity index (χ0v) is 12.5. The molecule has 1 aromatic carbocycles. The zero-order valence-electron chi connectivity index (χ0n) is 11.0. The maximum absolute atomic E-state index is 13.1. The lowest BCUT2D eigenvalue weighted by Crippen LogP contribution is -2.33. The molecule has 1 rings (SSSR count). The van der Waals surface area contributed by atoms with Crippen molar-refractivity contribution in [3.63, 3.8) is 0 Å². The number of carbonyl (C=O) groups is 2. The van der Waals surface area contributed by atoms with Crippen molar-refractivity contribution in [3.8, 4) is 0 Å². The SMILES string of the molecule is CCC(CNC(=O)Nc1cc(F)ccc1Br)CC(=O)O. The molecule has 5 nitrogen and oxygen atoms in total. The van der Waals surface area contributed by atoms with Crippen LogP contribution in [0.4, 0.5) is 14.9 Å². The Kier molecular flexibility index (Phi) is 6.44. The van der Waals surface area contributed by atoms with Crippen LogP contribution in [-0.2, 0) is 4.79 Å². The van der Waals surface area contributed by atoms with Gasteiger partial charge in [0.2, 0.25) is 0 Å². The summed E-state index contributed by atoms with van der Waals surface area (Å²) in [5.41, 5.74) is 0.314. The van der Waals surface area contributed by atoms with E-state index >= 15 is 0 Å². The molecule has 0 radical (unpaired) electrons. The molecule has 1 atom stereocenters. The van der Waals surface area contributed by atoms with Crippen LogP contribution in [0.5, 0.6) is 0 Å². The standard InChI is InChI=1S/C13H16BrFN2O3/c1-2-8(5-12(18)19)7-16-13(20)17-11-6-9(15)3-4-10(11)14/h3-4,6,8H,2,5,7H2,1H3,(H,18,19)(H2,16,17,20). The number of rotatable bonds is 6. The molecule has 2 amide bonds. The highest BCUT2D eigenvalue weighted by molar-refractivity contribution is 9.10. The smallest absolute Gasteiger partial charge is 0.319 e. The van der Waals surface area contributed by atoms with Crippen LogP contribution < -0.4 is 10.6 Å². The summed E-state index contributed by atoms with van der Waals surface area (Å²) < 4.78 is 13.6. The highest BCUT2D eigenvalue weighted by Gasteiger charge is 2.13. The Balaban J connectivity index is 2.51. The Labute approximate surface area is 124 Å². The van der Waals surface area contributed by atoms with Crippen LogP contribution in [0.2, 0.25) is 0 Å². The fourth-order valence-electron chi connectivity index (χ4n) is 1.60. The summed E-state index contributed by atoms with van der Waals surface area (Å²) >= 11 is 3.20. The maximum atomic E-state index is 13.1. The molecule has 0 aliphatic carbocycles. The van der Waals surface area contributed by atoms with Gasteiger partial charge >= 0.3 is 12.0 Å². The quantitative estimate of drug-likeness (QED) is 0.739. The number of benzene rings is 1. The Morgan fingerprint density at radius 3 is 2.75 bits per heavy atom. The predicted octanol–water partition coefficient (Wildman–Crippen LogP) is 3.21. The molecule has 20 heavy (non-hydrogen) atoms. The normalized spacial score (nSPS) is 11.8. The molecule has 110 valence electrons. The van der Waals surface area contributed by atoms with E-state index < -0.39 is 17.8 Å². The van der Waals surface area contributed by atoms with E-state index in [-0.39, 0.29) is 18.9 Å². The van der Waals surface area contributed by atoms with Crippen LogP contribution in [0.15, 0.2) is 22.7 Å². The Hall–Kier alpha value is -1.63. The number of hydrogen-bond donors (Lipinski definition) is 3. The fraction of sp³-hybridized carbons (Fsp3) is 0.385. The van der Waals surface area contributed by atoms with Gasteiger partial charge < -0.3 is 15.7 Å². The maximum Gasteiger partial charge on any atom is 0.319 e. The molecule has 0 saturated heterocycles. The van der Waals surface area contributed by atoms with Crippen molar-refractivity contribution in [2.75, 3.05) is 11.9 Å². The average Bonchev–Trinajstić information content (AvgIpc) is 2.38. The lowest BCUT2D eigenvalue weighted by atomic mass is 10.0. The number of carboxylic acids is 1. The largest absolute Gasteiger partial charge is 0.481 e.